The fourth-order valence-electron chi connectivity index (χ4n) is 2.55. The summed E-state index contributed by atoms with van der Waals surface area (Å²) >= 11 is 2.96. The van der Waals surface area contributed by atoms with Crippen molar-refractivity contribution in [3.63, 3.8) is 0 Å². The summed E-state index contributed by atoms with van der Waals surface area (Å²) in [4.78, 5) is 37.3. The Morgan fingerprint density at radius 2 is 1.89 bits per heavy atom. The Bertz CT molecular complexity index is 587. The standard InChI is InChI=1S/C13H11BrN2O3/c14-16-11(17)6-5-10(13(16)19)15-7-8-3-1-2-4-9(8)12(15)18/h1-4,10H,5-7H2. The molecule has 3 rings (SSSR count). The number of carbonyl (C=O) groups excluding carboxylic acids is 3. The number of piperidine rings is 1. The maximum Gasteiger partial charge on any atom is 0.262 e. The van der Waals surface area contributed by atoms with Crippen LogP contribution in [0.5, 0.6) is 0 Å². The molecule has 0 aliphatic carbocycles. The Hall–Kier alpha value is -1.69. The van der Waals surface area contributed by atoms with E-state index in [1.165, 1.54) is 0 Å². The van der Waals surface area contributed by atoms with E-state index in [1.807, 2.05) is 18.2 Å². The van der Waals surface area contributed by atoms with Crippen molar-refractivity contribution in [2.75, 3.05) is 0 Å². The minimum Gasteiger partial charge on any atom is -0.322 e. The van der Waals surface area contributed by atoms with E-state index in [0.717, 1.165) is 9.49 Å². The first-order valence-electron chi connectivity index (χ1n) is 6.01. The average molecular weight is 323 g/mol. The van der Waals surface area contributed by atoms with Crippen molar-refractivity contribution < 1.29 is 14.4 Å². The maximum atomic E-state index is 12.3. The summed E-state index contributed by atoms with van der Waals surface area (Å²) in [6, 6.07) is 6.78. The Kier molecular flexibility index (Phi) is 2.89. The van der Waals surface area contributed by atoms with Crippen LogP contribution in [0, 0.1) is 0 Å². The predicted molar refractivity (Wildman–Crippen MR) is 70.1 cm³/mol. The van der Waals surface area contributed by atoms with Gasteiger partial charge in [0.05, 0.1) is 16.1 Å². The number of nitrogens with zero attached hydrogens (tertiary/aromatic N) is 2. The van der Waals surface area contributed by atoms with Crippen LogP contribution in [0.1, 0.15) is 28.8 Å². The fraction of sp³-hybridized carbons (Fsp3) is 0.308. The molecule has 2 heterocycles. The minimum absolute atomic E-state index is 0.135. The molecule has 1 aromatic carbocycles. The van der Waals surface area contributed by atoms with E-state index in [9.17, 15) is 14.4 Å². The quantitative estimate of drug-likeness (QED) is 0.581. The highest BCUT2D eigenvalue weighted by molar-refractivity contribution is 9.08. The first-order chi connectivity index (χ1) is 9.09. The molecular weight excluding hydrogens is 312 g/mol. The lowest BCUT2D eigenvalue weighted by Gasteiger charge is -2.32. The Morgan fingerprint density at radius 1 is 1.16 bits per heavy atom. The lowest BCUT2D eigenvalue weighted by molar-refractivity contribution is -0.144. The van der Waals surface area contributed by atoms with E-state index < -0.39 is 6.04 Å². The van der Waals surface area contributed by atoms with Gasteiger partial charge in [-0.05, 0) is 18.1 Å². The molecule has 0 bridgehead atoms. The number of hydrogen-bond acceptors (Lipinski definition) is 3. The average Bonchev–Trinajstić information content (AvgIpc) is 2.74. The molecule has 0 spiro atoms. The van der Waals surface area contributed by atoms with Crippen LogP contribution in [-0.4, -0.2) is 32.6 Å². The van der Waals surface area contributed by atoms with Crippen LogP contribution in [0.4, 0.5) is 0 Å². The normalized spacial score (nSPS) is 23.0. The fourth-order valence-corrected chi connectivity index (χ4v) is 2.97. The highest BCUT2D eigenvalue weighted by Gasteiger charge is 2.41. The smallest absolute Gasteiger partial charge is 0.262 e. The number of imide groups is 1. The summed E-state index contributed by atoms with van der Waals surface area (Å²) in [5.41, 5.74) is 1.58. The van der Waals surface area contributed by atoms with Gasteiger partial charge < -0.3 is 4.90 Å². The summed E-state index contributed by atoms with van der Waals surface area (Å²) < 4.78 is 0.942. The highest BCUT2D eigenvalue weighted by Crippen LogP contribution is 2.29. The van der Waals surface area contributed by atoms with Gasteiger partial charge in [0.1, 0.15) is 6.04 Å². The Labute approximate surface area is 118 Å². The molecule has 1 fully saturated rings. The second-order valence-electron chi connectivity index (χ2n) is 4.66. The van der Waals surface area contributed by atoms with Gasteiger partial charge in [-0.25, -0.2) is 3.93 Å². The van der Waals surface area contributed by atoms with Crippen LogP contribution in [-0.2, 0) is 16.1 Å². The van der Waals surface area contributed by atoms with Crippen molar-refractivity contribution in [3.8, 4) is 0 Å². The Balaban J connectivity index is 1.88. The molecule has 0 aromatic heterocycles. The van der Waals surface area contributed by atoms with E-state index in [4.69, 9.17) is 0 Å². The zero-order valence-electron chi connectivity index (χ0n) is 10.0. The highest BCUT2D eigenvalue weighted by atomic mass is 79.9. The number of benzene rings is 1. The summed E-state index contributed by atoms with van der Waals surface area (Å²) in [5, 5.41) is 0. The molecule has 1 atom stereocenters. The van der Waals surface area contributed by atoms with Crippen LogP contribution in [0.25, 0.3) is 0 Å². The van der Waals surface area contributed by atoms with Crippen LogP contribution < -0.4 is 0 Å². The first kappa shape index (κ1) is 12.3. The van der Waals surface area contributed by atoms with Crippen molar-refractivity contribution in [1.82, 2.24) is 8.83 Å². The van der Waals surface area contributed by atoms with Gasteiger partial charge in [-0.1, -0.05) is 18.2 Å². The van der Waals surface area contributed by atoms with Crippen molar-refractivity contribution in [2.24, 2.45) is 0 Å². The number of hydrogen-bond donors (Lipinski definition) is 0. The van der Waals surface area contributed by atoms with Gasteiger partial charge in [0.25, 0.3) is 11.8 Å². The lowest BCUT2D eigenvalue weighted by Crippen LogP contribution is -2.51. The number of rotatable bonds is 1. The first-order valence-corrected chi connectivity index (χ1v) is 6.72. The minimum atomic E-state index is -0.558. The molecule has 5 nitrogen and oxygen atoms in total. The monoisotopic (exact) mass is 322 g/mol. The Morgan fingerprint density at radius 3 is 2.63 bits per heavy atom. The summed E-state index contributed by atoms with van der Waals surface area (Å²) in [6.45, 7) is 0.431. The third-order valence-corrected chi connectivity index (χ3v) is 4.30. The molecule has 0 radical (unpaired) electrons. The molecular formula is C13H11BrN2O3. The van der Waals surface area contributed by atoms with Crippen molar-refractivity contribution in [3.05, 3.63) is 35.4 Å². The third kappa shape index (κ3) is 1.87. The van der Waals surface area contributed by atoms with Gasteiger partial charge in [0, 0.05) is 18.5 Å². The molecule has 19 heavy (non-hydrogen) atoms. The van der Waals surface area contributed by atoms with E-state index in [2.05, 4.69) is 16.1 Å². The SMILES string of the molecule is O=C1CCC(N2Cc3ccccc3C2=O)C(=O)N1Br. The molecule has 1 aromatic rings. The zero-order chi connectivity index (χ0) is 13.6. The molecule has 0 N–H and O–H groups in total. The van der Waals surface area contributed by atoms with Crippen LogP contribution in [0.3, 0.4) is 0 Å². The van der Waals surface area contributed by atoms with Crippen molar-refractivity contribution in [2.45, 2.75) is 25.4 Å². The molecule has 2 aliphatic heterocycles. The number of halogens is 1. The molecule has 0 saturated carbocycles. The predicted octanol–water partition coefficient (Wildman–Crippen LogP) is 1.47. The van der Waals surface area contributed by atoms with Gasteiger partial charge in [-0.3, -0.25) is 14.4 Å². The topological polar surface area (TPSA) is 57.7 Å². The third-order valence-electron chi connectivity index (χ3n) is 3.55. The van der Waals surface area contributed by atoms with Gasteiger partial charge >= 0.3 is 0 Å². The number of carbonyl (C=O) groups is 3. The molecule has 1 saturated heterocycles. The lowest BCUT2D eigenvalue weighted by atomic mass is 10.0. The van der Waals surface area contributed by atoms with Gasteiger partial charge in [0.2, 0.25) is 5.91 Å². The summed E-state index contributed by atoms with van der Waals surface area (Å²) in [6.07, 6.45) is 0.654. The van der Waals surface area contributed by atoms with Crippen LogP contribution >= 0.6 is 16.1 Å². The van der Waals surface area contributed by atoms with Gasteiger partial charge in [-0.2, -0.15) is 0 Å². The van der Waals surface area contributed by atoms with Gasteiger partial charge in [-0.15, -0.1) is 0 Å². The van der Waals surface area contributed by atoms with Crippen LogP contribution in [0.15, 0.2) is 24.3 Å². The molecule has 2 aliphatic rings. The van der Waals surface area contributed by atoms with Crippen molar-refractivity contribution >= 4 is 33.9 Å². The maximum absolute atomic E-state index is 12.3. The van der Waals surface area contributed by atoms with E-state index in [1.54, 1.807) is 11.0 Å². The summed E-state index contributed by atoms with van der Waals surface area (Å²) in [5.74, 6) is -0.757. The molecule has 98 valence electrons. The van der Waals surface area contributed by atoms with E-state index >= 15 is 0 Å². The van der Waals surface area contributed by atoms with E-state index in [0.29, 0.717) is 18.5 Å². The summed E-state index contributed by atoms with van der Waals surface area (Å²) in [7, 11) is 0. The second kappa shape index (κ2) is 4.45. The van der Waals surface area contributed by atoms with Gasteiger partial charge in [0.15, 0.2) is 0 Å². The van der Waals surface area contributed by atoms with E-state index in [-0.39, 0.29) is 24.1 Å². The second-order valence-corrected chi connectivity index (χ2v) is 5.37. The van der Waals surface area contributed by atoms with Crippen molar-refractivity contribution in [1.29, 1.82) is 0 Å². The molecule has 3 amide bonds. The number of amides is 3. The molecule has 6 heteroatoms. The zero-order valence-corrected chi connectivity index (χ0v) is 11.6. The molecule has 1 unspecified atom stereocenters. The van der Waals surface area contributed by atoms with Crippen LogP contribution in [0.2, 0.25) is 0 Å². The number of fused-ring (bicyclic) bond motifs is 1. The largest absolute Gasteiger partial charge is 0.322 e.